The van der Waals surface area contributed by atoms with Crippen molar-refractivity contribution in [3.05, 3.63) is 59.2 Å². The summed E-state index contributed by atoms with van der Waals surface area (Å²) in [7, 11) is -2.21. The molecule has 0 bridgehead atoms. The fourth-order valence-corrected chi connectivity index (χ4v) is 4.45. The molecule has 0 aliphatic heterocycles. The van der Waals surface area contributed by atoms with Gasteiger partial charge in [-0.3, -0.25) is 13.9 Å². The molecule has 186 valence electrons. The number of hydrogen-bond acceptors (Lipinski definition) is 5. The maximum Gasteiger partial charge on any atom is 0.244 e. The molecule has 2 rings (SSSR count). The number of ether oxygens (including phenoxy) is 1. The van der Waals surface area contributed by atoms with Crippen molar-refractivity contribution in [3.63, 3.8) is 0 Å². The van der Waals surface area contributed by atoms with Crippen LogP contribution < -0.4 is 14.4 Å². The third-order valence-electron chi connectivity index (χ3n) is 5.73. The van der Waals surface area contributed by atoms with Crippen molar-refractivity contribution in [2.24, 2.45) is 0 Å². The second-order valence-electron chi connectivity index (χ2n) is 8.33. The third-order valence-corrected chi connectivity index (χ3v) is 6.85. The van der Waals surface area contributed by atoms with Crippen LogP contribution in [0, 0.1) is 13.8 Å². The van der Waals surface area contributed by atoms with Crippen LogP contribution in [0.2, 0.25) is 0 Å². The monoisotopic (exact) mass is 489 g/mol. The molecule has 1 atom stereocenters. The molecule has 0 spiro atoms. The number of rotatable bonds is 11. The summed E-state index contributed by atoms with van der Waals surface area (Å²) in [5, 5.41) is 2.82. The number of nitrogens with zero attached hydrogens (tertiary/aromatic N) is 2. The van der Waals surface area contributed by atoms with E-state index in [9.17, 15) is 18.0 Å². The molecule has 0 aliphatic carbocycles. The predicted octanol–water partition coefficient (Wildman–Crippen LogP) is 3.02. The maximum atomic E-state index is 13.6. The summed E-state index contributed by atoms with van der Waals surface area (Å²) in [6.07, 6.45) is 1.84. The van der Waals surface area contributed by atoms with Gasteiger partial charge in [0.2, 0.25) is 21.8 Å². The summed E-state index contributed by atoms with van der Waals surface area (Å²) in [5.74, 6) is -0.148. The van der Waals surface area contributed by atoms with E-state index in [1.807, 2.05) is 32.9 Å². The molecule has 2 aromatic rings. The molecule has 0 aliphatic rings. The van der Waals surface area contributed by atoms with E-state index >= 15 is 0 Å². The highest BCUT2D eigenvalue weighted by Crippen LogP contribution is 2.25. The van der Waals surface area contributed by atoms with E-state index in [0.29, 0.717) is 18.0 Å². The zero-order valence-electron chi connectivity index (χ0n) is 20.8. The molecule has 0 fully saturated rings. The number of carbonyl (C=O) groups is 2. The normalized spacial score (nSPS) is 12.1. The van der Waals surface area contributed by atoms with Gasteiger partial charge in [0.1, 0.15) is 18.3 Å². The van der Waals surface area contributed by atoms with Gasteiger partial charge in [-0.05, 0) is 62.1 Å². The van der Waals surface area contributed by atoms with Crippen LogP contribution in [0.4, 0.5) is 5.69 Å². The zero-order chi connectivity index (χ0) is 25.5. The van der Waals surface area contributed by atoms with Gasteiger partial charge in [-0.15, -0.1) is 0 Å². The van der Waals surface area contributed by atoms with Crippen molar-refractivity contribution in [2.45, 2.75) is 46.7 Å². The van der Waals surface area contributed by atoms with Gasteiger partial charge in [-0.25, -0.2) is 8.42 Å². The third kappa shape index (κ3) is 6.96. The van der Waals surface area contributed by atoms with Crippen molar-refractivity contribution in [1.29, 1.82) is 0 Å². The molecule has 2 amide bonds. The molecular formula is C25H35N3O5S. The SMILES string of the molecule is CCCNC(=O)[C@H](C)N(Cc1cccc(OC)c1)C(=O)CN(c1cccc(C)c1C)S(C)(=O)=O. The van der Waals surface area contributed by atoms with Crippen LogP contribution in [0.3, 0.4) is 0 Å². The molecule has 0 aromatic heterocycles. The van der Waals surface area contributed by atoms with Gasteiger partial charge < -0.3 is 15.0 Å². The Labute approximate surface area is 202 Å². The van der Waals surface area contributed by atoms with Crippen molar-refractivity contribution in [2.75, 3.05) is 30.8 Å². The molecule has 0 saturated carbocycles. The van der Waals surface area contributed by atoms with E-state index < -0.39 is 28.5 Å². The predicted molar refractivity (Wildman–Crippen MR) is 134 cm³/mol. The average Bonchev–Trinajstić information content (AvgIpc) is 2.80. The van der Waals surface area contributed by atoms with Gasteiger partial charge in [0.05, 0.1) is 19.1 Å². The molecule has 0 unspecified atom stereocenters. The molecular weight excluding hydrogens is 454 g/mol. The van der Waals surface area contributed by atoms with Gasteiger partial charge in [0.15, 0.2) is 0 Å². The minimum atomic E-state index is -3.76. The summed E-state index contributed by atoms with van der Waals surface area (Å²) in [4.78, 5) is 27.7. The zero-order valence-corrected chi connectivity index (χ0v) is 21.6. The first-order chi connectivity index (χ1) is 16.0. The summed E-state index contributed by atoms with van der Waals surface area (Å²) in [6, 6.07) is 11.7. The molecule has 0 saturated heterocycles. The fourth-order valence-electron chi connectivity index (χ4n) is 3.55. The number of carbonyl (C=O) groups excluding carboxylic acids is 2. The number of amides is 2. The van der Waals surface area contributed by atoms with Gasteiger partial charge in [-0.2, -0.15) is 0 Å². The Morgan fingerprint density at radius 1 is 1.12 bits per heavy atom. The Balaban J connectivity index is 2.43. The largest absolute Gasteiger partial charge is 0.497 e. The van der Waals surface area contributed by atoms with E-state index in [1.165, 1.54) is 4.90 Å². The first-order valence-corrected chi connectivity index (χ1v) is 13.1. The standard InChI is InChI=1S/C25H35N3O5S/c1-7-14-26-25(30)20(4)27(16-21-11-9-12-22(15-21)33-5)24(29)17-28(34(6,31)32)23-13-8-10-18(2)19(23)3/h8-13,15,20H,7,14,16-17H2,1-6H3,(H,26,30)/t20-/m0/s1. The lowest BCUT2D eigenvalue weighted by Crippen LogP contribution is -2.51. The molecule has 0 radical (unpaired) electrons. The quantitative estimate of drug-likeness (QED) is 0.523. The Morgan fingerprint density at radius 3 is 2.41 bits per heavy atom. The van der Waals surface area contributed by atoms with Gasteiger partial charge in [0, 0.05) is 13.1 Å². The summed E-state index contributed by atoms with van der Waals surface area (Å²) in [6.45, 7) is 7.49. The highest BCUT2D eigenvalue weighted by Gasteiger charge is 2.30. The van der Waals surface area contributed by atoms with Crippen LogP contribution in [0.25, 0.3) is 0 Å². The van der Waals surface area contributed by atoms with Crippen molar-refractivity contribution in [1.82, 2.24) is 10.2 Å². The number of hydrogen-bond donors (Lipinski definition) is 1. The lowest BCUT2D eigenvalue weighted by Gasteiger charge is -2.32. The van der Waals surface area contributed by atoms with Gasteiger partial charge in [-0.1, -0.05) is 31.2 Å². The Bertz CT molecular complexity index is 1120. The summed E-state index contributed by atoms with van der Waals surface area (Å²) >= 11 is 0. The van der Waals surface area contributed by atoms with E-state index in [4.69, 9.17) is 4.74 Å². The average molecular weight is 490 g/mol. The molecule has 9 heteroatoms. The second-order valence-corrected chi connectivity index (χ2v) is 10.2. The molecule has 0 heterocycles. The summed E-state index contributed by atoms with van der Waals surface area (Å²) < 4.78 is 31.8. The van der Waals surface area contributed by atoms with Crippen LogP contribution in [0.1, 0.15) is 37.0 Å². The molecule has 1 N–H and O–H groups in total. The number of aryl methyl sites for hydroxylation is 1. The Morgan fingerprint density at radius 2 is 1.79 bits per heavy atom. The van der Waals surface area contributed by atoms with E-state index in [1.54, 1.807) is 44.4 Å². The number of sulfonamides is 1. The number of benzene rings is 2. The Kier molecular flexibility index (Phi) is 9.49. The van der Waals surface area contributed by atoms with E-state index in [2.05, 4.69) is 5.32 Å². The minimum Gasteiger partial charge on any atom is -0.497 e. The highest BCUT2D eigenvalue weighted by atomic mass is 32.2. The van der Waals surface area contributed by atoms with E-state index in [-0.39, 0.29) is 12.5 Å². The molecule has 2 aromatic carbocycles. The highest BCUT2D eigenvalue weighted by molar-refractivity contribution is 7.92. The van der Waals surface area contributed by atoms with Crippen LogP contribution >= 0.6 is 0 Å². The minimum absolute atomic E-state index is 0.126. The van der Waals surface area contributed by atoms with Crippen LogP contribution in [0.15, 0.2) is 42.5 Å². The second kappa shape index (κ2) is 11.9. The van der Waals surface area contributed by atoms with Crippen molar-refractivity contribution < 1.29 is 22.7 Å². The van der Waals surface area contributed by atoms with Gasteiger partial charge >= 0.3 is 0 Å². The molecule has 8 nitrogen and oxygen atoms in total. The topological polar surface area (TPSA) is 96.0 Å². The van der Waals surface area contributed by atoms with Crippen molar-refractivity contribution >= 4 is 27.5 Å². The fraction of sp³-hybridized carbons (Fsp3) is 0.440. The number of nitrogens with one attached hydrogen (secondary N) is 1. The lowest BCUT2D eigenvalue weighted by atomic mass is 10.1. The van der Waals surface area contributed by atoms with E-state index in [0.717, 1.165) is 33.7 Å². The number of methoxy groups -OCH3 is 1. The maximum absolute atomic E-state index is 13.6. The first kappa shape index (κ1) is 27.2. The van der Waals surface area contributed by atoms with Gasteiger partial charge in [0.25, 0.3) is 0 Å². The smallest absolute Gasteiger partial charge is 0.244 e. The summed E-state index contributed by atoms with van der Waals surface area (Å²) in [5.41, 5.74) is 2.90. The lowest BCUT2D eigenvalue weighted by molar-refractivity contribution is -0.139. The number of anilines is 1. The first-order valence-electron chi connectivity index (χ1n) is 11.2. The Hall–Kier alpha value is -3.07. The van der Waals surface area contributed by atoms with Crippen LogP contribution in [-0.2, 0) is 26.2 Å². The van der Waals surface area contributed by atoms with Crippen LogP contribution in [0.5, 0.6) is 5.75 Å². The van der Waals surface area contributed by atoms with Crippen molar-refractivity contribution in [3.8, 4) is 5.75 Å². The molecule has 34 heavy (non-hydrogen) atoms. The van der Waals surface area contributed by atoms with Crippen LogP contribution in [-0.4, -0.2) is 57.6 Å².